The van der Waals surface area contributed by atoms with Crippen molar-refractivity contribution in [1.82, 2.24) is 10.6 Å². The largest absolute Gasteiger partial charge is 0.385 e. The first-order valence-electron chi connectivity index (χ1n) is 8.64. The molecular formula is C17H36N2O3. The van der Waals surface area contributed by atoms with Crippen LogP contribution >= 0.6 is 0 Å². The van der Waals surface area contributed by atoms with E-state index in [1.807, 2.05) is 0 Å². The number of ketones is 1. The van der Waals surface area contributed by atoms with Gasteiger partial charge in [-0.15, -0.1) is 0 Å². The molecule has 0 aliphatic carbocycles. The van der Waals surface area contributed by atoms with Gasteiger partial charge < -0.3 is 20.1 Å². The summed E-state index contributed by atoms with van der Waals surface area (Å²) < 4.78 is 10.0. The van der Waals surface area contributed by atoms with E-state index in [-0.39, 0.29) is 11.8 Å². The lowest BCUT2D eigenvalue weighted by Crippen LogP contribution is -2.36. The van der Waals surface area contributed by atoms with Crippen LogP contribution in [0.1, 0.15) is 51.9 Å². The Hall–Kier alpha value is -0.490. The molecule has 0 heterocycles. The fourth-order valence-corrected chi connectivity index (χ4v) is 2.32. The summed E-state index contributed by atoms with van der Waals surface area (Å²) in [6, 6.07) is 0.0178. The summed E-state index contributed by atoms with van der Waals surface area (Å²) in [5.41, 5.74) is 0. The second-order valence-corrected chi connectivity index (χ2v) is 5.76. The van der Waals surface area contributed by atoms with Gasteiger partial charge in [0.1, 0.15) is 5.78 Å². The Labute approximate surface area is 136 Å². The van der Waals surface area contributed by atoms with Gasteiger partial charge in [0, 0.05) is 27.4 Å². The quantitative estimate of drug-likeness (QED) is 0.403. The maximum absolute atomic E-state index is 11.6. The highest BCUT2D eigenvalue weighted by molar-refractivity contribution is 5.81. The van der Waals surface area contributed by atoms with E-state index in [0.717, 1.165) is 77.8 Å². The van der Waals surface area contributed by atoms with Gasteiger partial charge in [-0.25, -0.2) is 0 Å². The molecule has 0 spiro atoms. The van der Waals surface area contributed by atoms with Crippen molar-refractivity contribution in [2.24, 2.45) is 0 Å². The highest BCUT2D eigenvalue weighted by Gasteiger charge is 2.12. The standard InChI is InChI=1S/C17H36N2O3/c1-16(20)17(19-13-7-9-15-22-3)10-4-5-11-18-12-6-8-14-21-2/h17-19H,4-15H2,1-3H3. The number of Topliss-reactive ketones (excluding diaryl/α,β-unsaturated/α-hetero) is 1. The van der Waals surface area contributed by atoms with E-state index in [2.05, 4.69) is 10.6 Å². The van der Waals surface area contributed by atoms with E-state index in [1.54, 1.807) is 21.1 Å². The number of carbonyl (C=O) groups excluding carboxylic acids is 1. The molecule has 1 atom stereocenters. The molecule has 5 heteroatoms. The average molecular weight is 316 g/mol. The Morgan fingerprint density at radius 2 is 1.41 bits per heavy atom. The van der Waals surface area contributed by atoms with Crippen molar-refractivity contribution >= 4 is 5.78 Å². The summed E-state index contributed by atoms with van der Waals surface area (Å²) >= 11 is 0. The van der Waals surface area contributed by atoms with E-state index < -0.39 is 0 Å². The first-order valence-corrected chi connectivity index (χ1v) is 8.64. The maximum Gasteiger partial charge on any atom is 0.146 e. The zero-order valence-corrected chi connectivity index (χ0v) is 14.8. The summed E-state index contributed by atoms with van der Waals surface area (Å²) in [5.74, 6) is 0.249. The van der Waals surface area contributed by atoms with Crippen LogP contribution in [-0.4, -0.2) is 58.9 Å². The van der Waals surface area contributed by atoms with Crippen LogP contribution < -0.4 is 10.6 Å². The van der Waals surface area contributed by atoms with E-state index >= 15 is 0 Å². The van der Waals surface area contributed by atoms with Gasteiger partial charge in [-0.2, -0.15) is 0 Å². The number of methoxy groups -OCH3 is 2. The molecule has 0 fully saturated rings. The van der Waals surface area contributed by atoms with Crippen molar-refractivity contribution in [3.05, 3.63) is 0 Å². The molecule has 0 saturated carbocycles. The second-order valence-electron chi connectivity index (χ2n) is 5.76. The molecule has 1 unspecified atom stereocenters. The molecule has 0 aromatic heterocycles. The first-order chi connectivity index (χ1) is 10.7. The van der Waals surface area contributed by atoms with Crippen molar-refractivity contribution in [3.8, 4) is 0 Å². The topological polar surface area (TPSA) is 59.6 Å². The van der Waals surface area contributed by atoms with Crippen molar-refractivity contribution in [2.75, 3.05) is 47.1 Å². The van der Waals surface area contributed by atoms with Crippen LogP contribution in [0.4, 0.5) is 0 Å². The zero-order chi connectivity index (χ0) is 16.5. The fourth-order valence-electron chi connectivity index (χ4n) is 2.32. The Morgan fingerprint density at radius 1 is 0.864 bits per heavy atom. The van der Waals surface area contributed by atoms with E-state index in [1.165, 1.54) is 0 Å². The number of hydrogen-bond acceptors (Lipinski definition) is 5. The van der Waals surface area contributed by atoms with Crippen LogP contribution in [0.25, 0.3) is 0 Å². The van der Waals surface area contributed by atoms with E-state index in [0.29, 0.717) is 0 Å². The number of rotatable bonds is 17. The van der Waals surface area contributed by atoms with Gasteiger partial charge in [0.15, 0.2) is 0 Å². The van der Waals surface area contributed by atoms with Crippen molar-refractivity contribution in [3.63, 3.8) is 0 Å². The van der Waals surface area contributed by atoms with Crippen LogP contribution in [0, 0.1) is 0 Å². The lowest BCUT2D eigenvalue weighted by atomic mass is 10.1. The Kier molecular flexibility index (Phi) is 16.5. The number of ether oxygens (including phenoxy) is 2. The van der Waals surface area contributed by atoms with Gasteiger partial charge in [-0.1, -0.05) is 6.42 Å². The van der Waals surface area contributed by atoms with E-state index in [9.17, 15) is 4.79 Å². The van der Waals surface area contributed by atoms with Crippen LogP contribution in [0.15, 0.2) is 0 Å². The highest BCUT2D eigenvalue weighted by atomic mass is 16.5. The van der Waals surface area contributed by atoms with Gasteiger partial charge in [-0.3, -0.25) is 4.79 Å². The minimum absolute atomic E-state index is 0.0178. The molecule has 0 aliphatic rings. The lowest BCUT2D eigenvalue weighted by molar-refractivity contribution is -0.119. The van der Waals surface area contributed by atoms with Gasteiger partial charge in [-0.05, 0) is 65.1 Å². The minimum Gasteiger partial charge on any atom is -0.385 e. The summed E-state index contributed by atoms with van der Waals surface area (Å²) in [4.78, 5) is 11.6. The molecule has 0 bridgehead atoms. The van der Waals surface area contributed by atoms with Gasteiger partial charge >= 0.3 is 0 Å². The molecule has 0 aromatic carbocycles. The molecular weight excluding hydrogens is 280 g/mol. The number of hydrogen-bond donors (Lipinski definition) is 2. The SMILES string of the molecule is COCCCCNCCCCC(NCCCCOC)C(C)=O. The smallest absolute Gasteiger partial charge is 0.146 e. The monoisotopic (exact) mass is 316 g/mol. The molecule has 0 aliphatic heterocycles. The molecule has 0 aromatic rings. The fraction of sp³-hybridized carbons (Fsp3) is 0.941. The summed E-state index contributed by atoms with van der Waals surface area (Å²) in [6.07, 6.45) is 7.52. The predicted molar refractivity (Wildman–Crippen MR) is 91.4 cm³/mol. The lowest BCUT2D eigenvalue weighted by Gasteiger charge is -2.15. The van der Waals surface area contributed by atoms with E-state index in [4.69, 9.17) is 9.47 Å². The summed E-state index contributed by atoms with van der Waals surface area (Å²) in [7, 11) is 3.46. The molecule has 0 saturated heterocycles. The van der Waals surface area contributed by atoms with Crippen LogP contribution in [0.5, 0.6) is 0 Å². The van der Waals surface area contributed by atoms with Crippen LogP contribution in [-0.2, 0) is 14.3 Å². The van der Waals surface area contributed by atoms with Crippen LogP contribution in [0.2, 0.25) is 0 Å². The third-order valence-electron chi connectivity index (χ3n) is 3.71. The van der Waals surface area contributed by atoms with Crippen molar-refractivity contribution in [1.29, 1.82) is 0 Å². The van der Waals surface area contributed by atoms with Crippen LogP contribution in [0.3, 0.4) is 0 Å². The molecule has 0 rings (SSSR count). The first kappa shape index (κ1) is 21.5. The van der Waals surface area contributed by atoms with Crippen molar-refractivity contribution in [2.45, 2.75) is 57.9 Å². The van der Waals surface area contributed by atoms with Crippen molar-refractivity contribution < 1.29 is 14.3 Å². The predicted octanol–water partition coefficient (Wildman–Crippen LogP) is 2.15. The normalized spacial score (nSPS) is 12.5. The zero-order valence-electron chi connectivity index (χ0n) is 14.8. The summed E-state index contributed by atoms with van der Waals surface area (Å²) in [6.45, 7) is 6.30. The molecule has 2 N–H and O–H groups in total. The average Bonchev–Trinajstić information content (AvgIpc) is 2.50. The van der Waals surface area contributed by atoms with Gasteiger partial charge in [0.25, 0.3) is 0 Å². The molecule has 5 nitrogen and oxygen atoms in total. The number of carbonyl (C=O) groups is 1. The Morgan fingerprint density at radius 3 is 1.95 bits per heavy atom. The molecule has 0 radical (unpaired) electrons. The third kappa shape index (κ3) is 14.4. The number of nitrogens with one attached hydrogen (secondary N) is 2. The second kappa shape index (κ2) is 16.9. The molecule has 132 valence electrons. The Balaban J connectivity index is 3.47. The minimum atomic E-state index is 0.0178. The molecule has 0 amide bonds. The summed E-state index contributed by atoms with van der Waals surface area (Å²) in [5, 5.41) is 6.80. The van der Waals surface area contributed by atoms with Gasteiger partial charge in [0.2, 0.25) is 0 Å². The third-order valence-corrected chi connectivity index (χ3v) is 3.71. The maximum atomic E-state index is 11.6. The highest BCUT2D eigenvalue weighted by Crippen LogP contribution is 2.02. The van der Waals surface area contributed by atoms with Gasteiger partial charge in [0.05, 0.1) is 6.04 Å². The molecule has 22 heavy (non-hydrogen) atoms. The number of unbranched alkanes of at least 4 members (excludes halogenated alkanes) is 3. The Bertz CT molecular complexity index is 250.